The SMILES string of the molecule is COCOC1(OCOC)C2C=CC1CC2. The molecule has 0 heterocycles. The number of hydrogen-bond acceptors (Lipinski definition) is 4. The number of rotatable bonds is 6. The van der Waals surface area contributed by atoms with Crippen LogP contribution in [0.25, 0.3) is 0 Å². The van der Waals surface area contributed by atoms with E-state index in [-0.39, 0.29) is 13.6 Å². The molecule has 0 aromatic heterocycles. The average Bonchev–Trinajstić information content (AvgIpc) is 2.79. The highest BCUT2D eigenvalue weighted by Crippen LogP contribution is 2.50. The molecule has 1 saturated carbocycles. The maximum Gasteiger partial charge on any atom is 0.186 e. The molecule has 4 nitrogen and oxygen atoms in total. The van der Waals surface area contributed by atoms with Gasteiger partial charge in [0.15, 0.2) is 5.79 Å². The van der Waals surface area contributed by atoms with Gasteiger partial charge in [0, 0.05) is 26.1 Å². The number of fused-ring (bicyclic) bond motifs is 2. The molecule has 0 radical (unpaired) electrons. The lowest BCUT2D eigenvalue weighted by Gasteiger charge is -2.33. The lowest BCUT2D eigenvalue weighted by Crippen LogP contribution is -2.42. The van der Waals surface area contributed by atoms with Crippen molar-refractivity contribution < 1.29 is 18.9 Å². The van der Waals surface area contributed by atoms with Gasteiger partial charge in [-0.2, -0.15) is 0 Å². The highest BCUT2D eigenvalue weighted by atomic mass is 16.8. The zero-order valence-corrected chi connectivity index (χ0v) is 9.27. The predicted molar refractivity (Wildman–Crippen MR) is 54.0 cm³/mol. The third-order valence-corrected chi connectivity index (χ3v) is 3.20. The van der Waals surface area contributed by atoms with Gasteiger partial charge in [-0.3, -0.25) is 0 Å². The fourth-order valence-corrected chi connectivity index (χ4v) is 2.54. The molecule has 0 amide bonds. The quantitative estimate of drug-likeness (QED) is 0.496. The summed E-state index contributed by atoms with van der Waals surface area (Å²) in [6, 6.07) is 0. The summed E-state index contributed by atoms with van der Waals surface area (Å²) in [5.74, 6) is 0.145. The maximum atomic E-state index is 5.74. The Kier molecular flexibility index (Phi) is 3.41. The molecule has 0 aromatic rings. The lowest BCUT2D eigenvalue weighted by atomic mass is 10.0. The second-order valence-electron chi connectivity index (χ2n) is 4.00. The highest BCUT2D eigenvalue weighted by Gasteiger charge is 2.54. The summed E-state index contributed by atoms with van der Waals surface area (Å²) in [5, 5.41) is 0. The van der Waals surface area contributed by atoms with Crippen molar-refractivity contribution in [1.82, 2.24) is 0 Å². The van der Waals surface area contributed by atoms with Crippen LogP contribution in [-0.4, -0.2) is 33.6 Å². The Hall–Kier alpha value is -0.420. The minimum atomic E-state index is -0.536. The third-order valence-electron chi connectivity index (χ3n) is 3.20. The van der Waals surface area contributed by atoms with Gasteiger partial charge in [0.05, 0.1) is 0 Å². The van der Waals surface area contributed by atoms with E-state index in [1.165, 1.54) is 0 Å². The molecule has 0 saturated heterocycles. The molecule has 2 atom stereocenters. The van der Waals surface area contributed by atoms with Gasteiger partial charge in [-0.15, -0.1) is 0 Å². The van der Waals surface area contributed by atoms with Crippen LogP contribution in [0.1, 0.15) is 12.8 Å². The molecule has 0 spiro atoms. The topological polar surface area (TPSA) is 36.9 Å². The third kappa shape index (κ3) is 1.83. The van der Waals surface area contributed by atoms with E-state index in [0.29, 0.717) is 11.8 Å². The van der Waals surface area contributed by atoms with E-state index in [9.17, 15) is 0 Å². The van der Waals surface area contributed by atoms with Crippen molar-refractivity contribution >= 4 is 0 Å². The molecule has 2 aliphatic carbocycles. The summed E-state index contributed by atoms with van der Waals surface area (Å²) in [4.78, 5) is 0. The van der Waals surface area contributed by atoms with Crippen LogP contribution in [0, 0.1) is 11.8 Å². The first-order valence-corrected chi connectivity index (χ1v) is 5.27. The van der Waals surface area contributed by atoms with Gasteiger partial charge in [-0.1, -0.05) is 12.2 Å². The van der Waals surface area contributed by atoms with Crippen molar-refractivity contribution in [3.63, 3.8) is 0 Å². The van der Waals surface area contributed by atoms with Gasteiger partial charge in [0.25, 0.3) is 0 Å². The zero-order valence-electron chi connectivity index (χ0n) is 9.27. The van der Waals surface area contributed by atoms with Crippen LogP contribution in [0.15, 0.2) is 12.2 Å². The average molecular weight is 214 g/mol. The Labute approximate surface area is 90.1 Å². The molecule has 15 heavy (non-hydrogen) atoms. The normalized spacial score (nSPS) is 31.3. The first-order valence-electron chi connectivity index (χ1n) is 5.27. The minimum Gasteiger partial charge on any atom is -0.359 e. The van der Waals surface area contributed by atoms with E-state index in [0.717, 1.165) is 12.8 Å². The maximum absolute atomic E-state index is 5.74. The second kappa shape index (κ2) is 4.61. The lowest BCUT2D eigenvalue weighted by molar-refractivity contribution is -0.310. The molecule has 86 valence electrons. The van der Waals surface area contributed by atoms with Gasteiger partial charge in [0.1, 0.15) is 13.6 Å². The van der Waals surface area contributed by atoms with Crippen molar-refractivity contribution in [3.8, 4) is 0 Å². The van der Waals surface area contributed by atoms with Crippen LogP contribution in [-0.2, 0) is 18.9 Å². The molecule has 2 bridgehead atoms. The van der Waals surface area contributed by atoms with Crippen molar-refractivity contribution in [2.45, 2.75) is 18.6 Å². The Bertz CT molecular complexity index is 215. The second-order valence-corrected chi connectivity index (χ2v) is 4.00. The van der Waals surface area contributed by atoms with Crippen LogP contribution >= 0.6 is 0 Å². The Morgan fingerprint density at radius 1 is 1.00 bits per heavy atom. The fourth-order valence-electron chi connectivity index (χ4n) is 2.54. The van der Waals surface area contributed by atoms with E-state index < -0.39 is 5.79 Å². The van der Waals surface area contributed by atoms with E-state index in [2.05, 4.69) is 12.2 Å². The van der Waals surface area contributed by atoms with Crippen LogP contribution in [0.2, 0.25) is 0 Å². The van der Waals surface area contributed by atoms with Gasteiger partial charge in [0.2, 0.25) is 0 Å². The van der Waals surface area contributed by atoms with E-state index in [1.54, 1.807) is 14.2 Å². The van der Waals surface area contributed by atoms with Crippen molar-refractivity contribution in [1.29, 1.82) is 0 Å². The standard InChI is InChI=1S/C11H18O4/c1-12-7-14-11(15-8-13-2)9-3-4-10(11)6-5-9/h3-4,9-10H,5-8H2,1-2H3. The molecule has 4 heteroatoms. The zero-order chi connectivity index (χ0) is 10.7. The van der Waals surface area contributed by atoms with Crippen LogP contribution < -0.4 is 0 Å². The molecule has 2 rings (SSSR count). The highest BCUT2D eigenvalue weighted by molar-refractivity contribution is 5.17. The van der Waals surface area contributed by atoms with Gasteiger partial charge in [-0.05, 0) is 12.8 Å². The van der Waals surface area contributed by atoms with Crippen molar-refractivity contribution in [2.24, 2.45) is 11.8 Å². The fraction of sp³-hybridized carbons (Fsp3) is 0.818. The Morgan fingerprint density at radius 3 is 1.80 bits per heavy atom. The van der Waals surface area contributed by atoms with Crippen LogP contribution in [0.3, 0.4) is 0 Å². The Balaban J connectivity index is 2.03. The molecular formula is C11H18O4. The summed E-state index contributed by atoms with van der Waals surface area (Å²) in [5.41, 5.74) is 0. The summed E-state index contributed by atoms with van der Waals surface area (Å²) < 4.78 is 21.4. The van der Waals surface area contributed by atoms with Crippen LogP contribution in [0.5, 0.6) is 0 Å². The van der Waals surface area contributed by atoms with Crippen molar-refractivity contribution in [2.75, 3.05) is 27.8 Å². The predicted octanol–water partition coefficient (Wildman–Crippen LogP) is 1.52. The van der Waals surface area contributed by atoms with E-state index in [4.69, 9.17) is 18.9 Å². The molecule has 1 fully saturated rings. The molecular weight excluding hydrogens is 196 g/mol. The van der Waals surface area contributed by atoms with Gasteiger partial charge in [-0.25, -0.2) is 0 Å². The van der Waals surface area contributed by atoms with Gasteiger partial charge < -0.3 is 18.9 Å². The first kappa shape index (κ1) is 11.1. The molecule has 0 aliphatic heterocycles. The number of ether oxygens (including phenoxy) is 4. The molecule has 0 aromatic carbocycles. The largest absolute Gasteiger partial charge is 0.359 e. The van der Waals surface area contributed by atoms with Crippen LogP contribution in [0.4, 0.5) is 0 Å². The number of methoxy groups -OCH3 is 2. The van der Waals surface area contributed by atoms with E-state index in [1.807, 2.05) is 0 Å². The number of hydrogen-bond donors (Lipinski definition) is 0. The van der Waals surface area contributed by atoms with Crippen molar-refractivity contribution in [3.05, 3.63) is 12.2 Å². The molecule has 2 aliphatic rings. The summed E-state index contributed by atoms with van der Waals surface area (Å²) in [6.45, 7) is 0.525. The minimum absolute atomic E-state index is 0.262. The Morgan fingerprint density at radius 2 is 1.47 bits per heavy atom. The van der Waals surface area contributed by atoms with Gasteiger partial charge >= 0.3 is 0 Å². The summed E-state index contributed by atoms with van der Waals surface area (Å²) >= 11 is 0. The molecule has 2 unspecified atom stereocenters. The summed E-state index contributed by atoms with van der Waals surface area (Å²) in [6.07, 6.45) is 6.60. The smallest absolute Gasteiger partial charge is 0.186 e. The molecule has 0 N–H and O–H groups in total. The monoisotopic (exact) mass is 214 g/mol. The van der Waals surface area contributed by atoms with E-state index >= 15 is 0 Å². The summed E-state index contributed by atoms with van der Waals surface area (Å²) in [7, 11) is 3.24. The first-order chi connectivity index (χ1) is 7.33.